The summed E-state index contributed by atoms with van der Waals surface area (Å²) in [4.78, 5) is 13.6. The Morgan fingerprint density at radius 3 is 2.78 bits per heavy atom. The number of thiazole rings is 1. The van der Waals surface area contributed by atoms with Crippen LogP contribution in [0.25, 0.3) is 0 Å². The average molecular weight is 271 g/mol. The molecule has 94 valence electrons. The minimum absolute atomic E-state index is 0.127. The van der Waals surface area contributed by atoms with Crippen molar-refractivity contribution in [2.24, 2.45) is 0 Å². The number of halogens is 2. The molecule has 0 spiro atoms. The van der Waals surface area contributed by atoms with Crippen LogP contribution in [0.5, 0.6) is 0 Å². The van der Waals surface area contributed by atoms with Gasteiger partial charge in [0.1, 0.15) is 10.8 Å². The minimum Gasteiger partial charge on any atom is -0.376 e. The first-order valence-corrected chi connectivity index (χ1v) is 5.71. The van der Waals surface area contributed by atoms with Crippen LogP contribution in [0.3, 0.4) is 0 Å². The molecule has 1 aromatic heterocycles. The van der Waals surface area contributed by atoms with Gasteiger partial charge in [0.25, 0.3) is 0 Å². The van der Waals surface area contributed by atoms with E-state index in [1.165, 1.54) is 11.3 Å². The lowest BCUT2D eigenvalue weighted by atomic mass is 10.2. The molecule has 0 aliphatic heterocycles. The SMILES string of the molecule is O=[N+]([O-])c1cc(NCc2nccs2)c(F)cc1F. The number of nitrogens with one attached hydrogen (secondary N) is 1. The molecule has 0 fully saturated rings. The number of rotatable bonds is 4. The van der Waals surface area contributed by atoms with Crippen LogP contribution >= 0.6 is 11.3 Å². The molecule has 0 radical (unpaired) electrons. The van der Waals surface area contributed by atoms with Gasteiger partial charge in [-0.05, 0) is 0 Å². The quantitative estimate of drug-likeness (QED) is 0.685. The van der Waals surface area contributed by atoms with Gasteiger partial charge in [-0.25, -0.2) is 9.37 Å². The zero-order valence-electron chi connectivity index (χ0n) is 8.89. The van der Waals surface area contributed by atoms with Crippen molar-refractivity contribution < 1.29 is 13.7 Å². The van der Waals surface area contributed by atoms with Crippen LogP contribution in [-0.2, 0) is 6.54 Å². The summed E-state index contributed by atoms with van der Waals surface area (Å²) in [5, 5.41) is 15.6. The van der Waals surface area contributed by atoms with Crippen LogP contribution < -0.4 is 5.32 Å². The lowest BCUT2D eigenvalue weighted by molar-refractivity contribution is -0.387. The Bertz CT molecular complexity index is 575. The second kappa shape index (κ2) is 5.05. The fraction of sp³-hybridized carbons (Fsp3) is 0.100. The van der Waals surface area contributed by atoms with Crippen molar-refractivity contribution in [2.75, 3.05) is 5.32 Å². The Kier molecular flexibility index (Phi) is 3.47. The molecular formula is C10H7F2N3O2S. The number of nitrogens with zero attached hydrogens (tertiary/aromatic N) is 2. The molecule has 0 saturated carbocycles. The van der Waals surface area contributed by atoms with Gasteiger partial charge >= 0.3 is 5.69 Å². The zero-order chi connectivity index (χ0) is 13.1. The molecule has 0 atom stereocenters. The first kappa shape index (κ1) is 12.4. The number of nitro groups is 1. The molecular weight excluding hydrogens is 264 g/mol. The van der Waals surface area contributed by atoms with E-state index in [0.29, 0.717) is 11.1 Å². The summed E-state index contributed by atoms with van der Waals surface area (Å²) in [7, 11) is 0. The Morgan fingerprint density at radius 2 is 2.17 bits per heavy atom. The summed E-state index contributed by atoms with van der Waals surface area (Å²) in [5.41, 5.74) is -0.892. The third-order valence-electron chi connectivity index (χ3n) is 2.15. The van der Waals surface area contributed by atoms with Gasteiger partial charge in [-0.3, -0.25) is 10.1 Å². The standard InChI is InChI=1S/C10H7F2N3O2S/c11-6-3-7(12)9(15(16)17)4-8(6)14-5-10-13-1-2-18-10/h1-4,14H,5H2. The highest BCUT2D eigenvalue weighted by atomic mass is 32.1. The fourth-order valence-electron chi connectivity index (χ4n) is 1.32. The van der Waals surface area contributed by atoms with Gasteiger partial charge < -0.3 is 5.32 Å². The van der Waals surface area contributed by atoms with Crippen molar-refractivity contribution in [2.45, 2.75) is 6.54 Å². The van der Waals surface area contributed by atoms with E-state index >= 15 is 0 Å². The Labute approximate surface area is 104 Å². The molecule has 8 heteroatoms. The largest absolute Gasteiger partial charge is 0.376 e. The van der Waals surface area contributed by atoms with Crippen molar-refractivity contribution in [1.82, 2.24) is 4.98 Å². The first-order valence-electron chi connectivity index (χ1n) is 4.83. The predicted octanol–water partition coefficient (Wildman–Crippen LogP) is 2.94. The Hall–Kier alpha value is -2.09. The topological polar surface area (TPSA) is 68.1 Å². The summed E-state index contributed by atoms with van der Waals surface area (Å²) in [6.07, 6.45) is 1.59. The van der Waals surface area contributed by atoms with Crippen molar-refractivity contribution in [3.8, 4) is 0 Å². The van der Waals surface area contributed by atoms with E-state index in [1.807, 2.05) is 0 Å². The van der Waals surface area contributed by atoms with E-state index in [9.17, 15) is 18.9 Å². The highest BCUT2D eigenvalue weighted by Crippen LogP contribution is 2.25. The van der Waals surface area contributed by atoms with Gasteiger partial charge in [0.2, 0.25) is 5.82 Å². The maximum absolute atomic E-state index is 13.4. The average Bonchev–Trinajstić information content (AvgIpc) is 2.80. The van der Waals surface area contributed by atoms with E-state index in [0.717, 1.165) is 6.07 Å². The second-order valence-electron chi connectivity index (χ2n) is 3.32. The van der Waals surface area contributed by atoms with E-state index in [4.69, 9.17) is 0 Å². The summed E-state index contributed by atoms with van der Waals surface area (Å²) in [6.45, 7) is 0.220. The van der Waals surface area contributed by atoms with Gasteiger partial charge in [0.05, 0.1) is 17.2 Å². The number of nitro benzene ring substituents is 1. The van der Waals surface area contributed by atoms with E-state index < -0.39 is 22.2 Å². The molecule has 0 saturated heterocycles. The van der Waals surface area contributed by atoms with Crippen LogP contribution in [0, 0.1) is 21.7 Å². The van der Waals surface area contributed by atoms with Crippen molar-refractivity contribution in [3.05, 3.63) is 50.5 Å². The molecule has 0 bridgehead atoms. The van der Waals surface area contributed by atoms with E-state index in [2.05, 4.69) is 10.3 Å². The lowest BCUT2D eigenvalue weighted by Crippen LogP contribution is -2.03. The molecule has 0 unspecified atom stereocenters. The predicted molar refractivity (Wildman–Crippen MR) is 62.5 cm³/mol. The van der Waals surface area contributed by atoms with Crippen molar-refractivity contribution >= 4 is 22.7 Å². The molecule has 0 amide bonds. The summed E-state index contributed by atoms with van der Waals surface area (Å²) in [6, 6.07) is 1.32. The third kappa shape index (κ3) is 2.59. The van der Waals surface area contributed by atoms with Crippen LogP contribution in [0.15, 0.2) is 23.7 Å². The molecule has 1 N–H and O–H groups in total. The number of hydrogen-bond acceptors (Lipinski definition) is 5. The number of aromatic nitrogens is 1. The van der Waals surface area contributed by atoms with E-state index in [1.54, 1.807) is 11.6 Å². The molecule has 1 aromatic carbocycles. The van der Waals surface area contributed by atoms with Gasteiger partial charge in [0, 0.05) is 23.7 Å². The molecule has 0 aliphatic rings. The highest BCUT2D eigenvalue weighted by molar-refractivity contribution is 7.09. The van der Waals surface area contributed by atoms with Crippen molar-refractivity contribution in [1.29, 1.82) is 0 Å². The van der Waals surface area contributed by atoms with Gasteiger partial charge in [-0.15, -0.1) is 11.3 Å². The smallest absolute Gasteiger partial charge is 0.307 e. The monoisotopic (exact) mass is 271 g/mol. The maximum Gasteiger partial charge on any atom is 0.307 e. The molecule has 0 aliphatic carbocycles. The third-order valence-corrected chi connectivity index (χ3v) is 2.93. The van der Waals surface area contributed by atoms with Crippen LogP contribution in [-0.4, -0.2) is 9.91 Å². The number of anilines is 1. The summed E-state index contributed by atoms with van der Waals surface area (Å²) < 4.78 is 26.5. The van der Waals surface area contributed by atoms with Gasteiger partial charge in [-0.1, -0.05) is 0 Å². The van der Waals surface area contributed by atoms with E-state index in [-0.39, 0.29) is 12.2 Å². The molecule has 5 nitrogen and oxygen atoms in total. The van der Waals surface area contributed by atoms with Crippen LogP contribution in [0.2, 0.25) is 0 Å². The van der Waals surface area contributed by atoms with Crippen LogP contribution in [0.4, 0.5) is 20.2 Å². The zero-order valence-corrected chi connectivity index (χ0v) is 9.71. The lowest BCUT2D eigenvalue weighted by Gasteiger charge is -2.06. The molecule has 18 heavy (non-hydrogen) atoms. The fourth-order valence-corrected chi connectivity index (χ4v) is 1.88. The minimum atomic E-state index is -1.20. The summed E-state index contributed by atoms with van der Waals surface area (Å²) >= 11 is 1.36. The molecule has 2 rings (SSSR count). The van der Waals surface area contributed by atoms with Gasteiger partial charge in [-0.2, -0.15) is 4.39 Å². The first-order chi connectivity index (χ1) is 8.58. The summed E-state index contributed by atoms with van der Waals surface area (Å²) in [5.74, 6) is -2.08. The van der Waals surface area contributed by atoms with Crippen LogP contribution in [0.1, 0.15) is 5.01 Å². The normalized spacial score (nSPS) is 10.3. The van der Waals surface area contributed by atoms with Gasteiger partial charge in [0.15, 0.2) is 0 Å². The Balaban J connectivity index is 2.22. The number of benzene rings is 1. The highest BCUT2D eigenvalue weighted by Gasteiger charge is 2.18. The van der Waals surface area contributed by atoms with Crippen molar-refractivity contribution in [3.63, 3.8) is 0 Å². The Morgan fingerprint density at radius 1 is 1.39 bits per heavy atom. The molecule has 2 aromatic rings. The molecule has 1 heterocycles. The maximum atomic E-state index is 13.4. The second-order valence-corrected chi connectivity index (χ2v) is 4.30. The number of hydrogen-bond donors (Lipinski definition) is 1.